The Hall–Kier alpha value is -2.17. The zero-order valence-corrected chi connectivity index (χ0v) is 10.4. The van der Waals surface area contributed by atoms with Gasteiger partial charge in [-0.1, -0.05) is 37.3 Å². The van der Waals surface area contributed by atoms with Crippen molar-refractivity contribution in [2.45, 2.75) is 19.9 Å². The zero-order valence-electron chi connectivity index (χ0n) is 10.4. The second kappa shape index (κ2) is 6.54. The van der Waals surface area contributed by atoms with E-state index in [2.05, 4.69) is 44.9 Å². The van der Waals surface area contributed by atoms with Crippen LogP contribution >= 0.6 is 0 Å². The van der Waals surface area contributed by atoms with Gasteiger partial charge in [-0.25, -0.2) is 0 Å². The molecule has 0 spiro atoms. The van der Waals surface area contributed by atoms with Gasteiger partial charge in [-0.05, 0) is 12.0 Å². The molecular weight excluding hydrogens is 226 g/mol. The Labute approximate surface area is 107 Å². The molecule has 0 saturated heterocycles. The van der Waals surface area contributed by atoms with E-state index in [1.54, 1.807) is 6.20 Å². The van der Waals surface area contributed by atoms with Crippen molar-refractivity contribution in [3.63, 3.8) is 0 Å². The van der Waals surface area contributed by atoms with Crippen molar-refractivity contribution in [1.29, 1.82) is 0 Å². The van der Waals surface area contributed by atoms with E-state index >= 15 is 0 Å². The third-order valence-electron chi connectivity index (χ3n) is 2.41. The molecule has 0 fully saturated rings. The molecule has 5 heteroatoms. The van der Waals surface area contributed by atoms with Crippen molar-refractivity contribution in [3.05, 3.63) is 42.1 Å². The number of nitrogens with zero attached hydrogens (tertiary/aromatic N) is 3. The van der Waals surface area contributed by atoms with Crippen molar-refractivity contribution in [2.24, 2.45) is 0 Å². The Kier molecular flexibility index (Phi) is 4.46. The molecule has 1 heterocycles. The number of anilines is 2. The molecule has 2 aromatic rings. The van der Waals surface area contributed by atoms with E-state index in [1.807, 2.05) is 18.2 Å². The third kappa shape index (κ3) is 3.69. The van der Waals surface area contributed by atoms with E-state index in [4.69, 9.17) is 0 Å². The van der Waals surface area contributed by atoms with E-state index in [0.29, 0.717) is 5.95 Å². The van der Waals surface area contributed by atoms with Gasteiger partial charge in [0.15, 0.2) is 5.82 Å². The number of rotatable bonds is 6. The molecule has 0 unspecified atom stereocenters. The summed E-state index contributed by atoms with van der Waals surface area (Å²) in [6.45, 7) is 3.68. The van der Waals surface area contributed by atoms with Crippen LogP contribution < -0.4 is 10.6 Å². The fourth-order valence-corrected chi connectivity index (χ4v) is 1.49. The summed E-state index contributed by atoms with van der Waals surface area (Å²) in [4.78, 5) is 4.33. The largest absolute Gasteiger partial charge is 0.365 e. The molecule has 0 aliphatic heterocycles. The summed E-state index contributed by atoms with van der Waals surface area (Å²) in [6, 6.07) is 10.2. The Morgan fingerprint density at radius 3 is 2.72 bits per heavy atom. The maximum absolute atomic E-state index is 4.33. The van der Waals surface area contributed by atoms with Crippen LogP contribution in [0.2, 0.25) is 0 Å². The molecule has 2 rings (SSSR count). The quantitative estimate of drug-likeness (QED) is 0.815. The second-order valence-electron chi connectivity index (χ2n) is 3.93. The number of aromatic nitrogens is 3. The second-order valence-corrected chi connectivity index (χ2v) is 3.93. The van der Waals surface area contributed by atoms with Gasteiger partial charge in [-0.2, -0.15) is 10.1 Å². The fraction of sp³-hybridized carbons (Fsp3) is 0.308. The van der Waals surface area contributed by atoms with Gasteiger partial charge in [0, 0.05) is 13.1 Å². The fourth-order valence-electron chi connectivity index (χ4n) is 1.49. The van der Waals surface area contributed by atoms with Crippen LogP contribution in [0.3, 0.4) is 0 Å². The molecule has 0 radical (unpaired) electrons. The molecule has 0 amide bonds. The van der Waals surface area contributed by atoms with Crippen LogP contribution in [0, 0.1) is 0 Å². The lowest BCUT2D eigenvalue weighted by Crippen LogP contribution is -2.08. The highest BCUT2D eigenvalue weighted by molar-refractivity contribution is 5.37. The molecule has 2 N–H and O–H groups in total. The van der Waals surface area contributed by atoms with Crippen LogP contribution in [-0.2, 0) is 6.54 Å². The van der Waals surface area contributed by atoms with E-state index < -0.39 is 0 Å². The van der Waals surface area contributed by atoms with Gasteiger partial charge in [0.2, 0.25) is 5.95 Å². The minimum absolute atomic E-state index is 0.565. The van der Waals surface area contributed by atoms with E-state index in [9.17, 15) is 0 Å². The van der Waals surface area contributed by atoms with Crippen LogP contribution in [0.25, 0.3) is 0 Å². The number of nitrogens with one attached hydrogen (secondary N) is 2. The number of benzene rings is 1. The minimum atomic E-state index is 0.565. The predicted octanol–water partition coefficient (Wildman–Crippen LogP) is 2.31. The zero-order chi connectivity index (χ0) is 12.6. The lowest BCUT2D eigenvalue weighted by atomic mass is 10.2. The predicted molar refractivity (Wildman–Crippen MR) is 72.4 cm³/mol. The van der Waals surface area contributed by atoms with Crippen molar-refractivity contribution >= 4 is 11.8 Å². The molecule has 94 valence electrons. The average molecular weight is 243 g/mol. The smallest absolute Gasteiger partial charge is 0.244 e. The molecule has 1 aromatic carbocycles. The minimum Gasteiger partial charge on any atom is -0.365 e. The molecule has 0 aliphatic rings. The Bertz CT molecular complexity index is 472. The standard InChI is InChI=1S/C13H17N5/c1-2-8-14-13-17-12(10-16-18-13)15-9-11-6-4-3-5-7-11/h3-7,10H,2,8-9H2,1H3,(H2,14,15,17,18). The first-order chi connectivity index (χ1) is 8.88. The average Bonchev–Trinajstić information content (AvgIpc) is 2.44. The summed E-state index contributed by atoms with van der Waals surface area (Å²) >= 11 is 0. The third-order valence-corrected chi connectivity index (χ3v) is 2.41. The van der Waals surface area contributed by atoms with Gasteiger partial charge in [-0.15, -0.1) is 5.10 Å². The highest BCUT2D eigenvalue weighted by atomic mass is 15.3. The topological polar surface area (TPSA) is 62.7 Å². The summed E-state index contributed by atoms with van der Waals surface area (Å²) in [5.74, 6) is 1.29. The molecule has 0 bridgehead atoms. The van der Waals surface area contributed by atoms with E-state index in [0.717, 1.165) is 25.3 Å². The number of hydrogen-bond acceptors (Lipinski definition) is 5. The van der Waals surface area contributed by atoms with Gasteiger partial charge < -0.3 is 10.6 Å². The monoisotopic (exact) mass is 243 g/mol. The molecule has 5 nitrogen and oxygen atoms in total. The first kappa shape index (κ1) is 12.3. The molecular formula is C13H17N5. The van der Waals surface area contributed by atoms with Crippen LogP contribution in [0.15, 0.2) is 36.5 Å². The van der Waals surface area contributed by atoms with Crippen molar-refractivity contribution in [3.8, 4) is 0 Å². The molecule has 18 heavy (non-hydrogen) atoms. The lowest BCUT2D eigenvalue weighted by Gasteiger charge is -2.06. The maximum atomic E-state index is 4.33. The van der Waals surface area contributed by atoms with Crippen molar-refractivity contribution < 1.29 is 0 Å². The molecule has 0 atom stereocenters. The first-order valence-electron chi connectivity index (χ1n) is 6.10. The highest BCUT2D eigenvalue weighted by Gasteiger charge is 1.99. The van der Waals surface area contributed by atoms with Crippen molar-refractivity contribution in [1.82, 2.24) is 15.2 Å². The summed E-state index contributed by atoms with van der Waals surface area (Å²) in [5.41, 5.74) is 1.21. The number of hydrogen-bond donors (Lipinski definition) is 2. The summed E-state index contributed by atoms with van der Waals surface area (Å²) in [5, 5.41) is 14.2. The molecule has 0 saturated carbocycles. The van der Waals surface area contributed by atoms with Crippen LogP contribution in [0.5, 0.6) is 0 Å². The summed E-state index contributed by atoms with van der Waals surface area (Å²) in [6.07, 6.45) is 2.66. The normalized spacial score (nSPS) is 10.1. The lowest BCUT2D eigenvalue weighted by molar-refractivity contribution is 0.907. The van der Waals surface area contributed by atoms with Gasteiger partial charge in [-0.3, -0.25) is 0 Å². The van der Waals surface area contributed by atoms with Crippen LogP contribution in [-0.4, -0.2) is 21.7 Å². The highest BCUT2D eigenvalue weighted by Crippen LogP contribution is 2.06. The maximum Gasteiger partial charge on any atom is 0.244 e. The van der Waals surface area contributed by atoms with E-state index in [1.165, 1.54) is 5.56 Å². The Morgan fingerprint density at radius 1 is 1.11 bits per heavy atom. The van der Waals surface area contributed by atoms with Crippen LogP contribution in [0.1, 0.15) is 18.9 Å². The van der Waals surface area contributed by atoms with Crippen LogP contribution in [0.4, 0.5) is 11.8 Å². The summed E-state index contributed by atoms with van der Waals surface area (Å²) in [7, 11) is 0. The SMILES string of the molecule is CCCNc1nncc(NCc2ccccc2)n1. The Balaban J connectivity index is 1.93. The molecule has 0 aliphatic carbocycles. The summed E-state index contributed by atoms with van der Waals surface area (Å²) < 4.78 is 0. The van der Waals surface area contributed by atoms with Gasteiger partial charge in [0.1, 0.15) is 0 Å². The van der Waals surface area contributed by atoms with Crippen molar-refractivity contribution in [2.75, 3.05) is 17.2 Å². The van der Waals surface area contributed by atoms with E-state index in [-0.39, 0.29) is 0 Å². The molecule has 1 aromatic heterocycles. The first-order valence-corrected chi connectivity index (χ1v) is 6.10. The van der Waals surface area contributed by atoms with Gasteiger partial charge in [0.25, 0.3) is 0 Å². The van der Waals surface area contributed by atoms with Gasteiger partial charge >= 0.3 is 0 Å². The Morgan fingerprint density at radius 2 is 1.94 bits per heavy atom. The van der Waals surface area contributed by atoms with Gasteiger partial charge in [0.05, 0.1) is 6.20 Å².